The number of carbonyl (C=O) groups excluding carboxylic acids is 1. The van der Waals surface area contributed by atoms with E-state index in [-0.39, 0.29) is 11.9 Å². The van der Waals surface area contributed by atoms with E-state index in [1.807, 2.05) is 54.4 Å². The lowest BCUT2D eigenvalue weighted by Gasteiger charge is -2.33. The standard InChI is InChI=1S/C23H30N4O2/c1-26(21-5-3-2-4-6-21)22-8-7-19(15-24-22)23(28)25-20-9-12-27(13-10-20)16-18-11-14-29-17-18/h2-8,15,18,20H,9-14,16-17H2,1H3,(H,25,28). The van der Waals surface area contributed by atoms with Crippen molar-refractivity contribution in [2.45, 2.75) is 25.3 Å². The Kier molecular flexibility index (Phi) is 6.42. The molecule has 3 heterocycles. The first-order chi connectivity index (χ1) is 14.2. The Labute approximate surface area is 172 Å². The van der Waals surface area contributed by atoms with Crippen LogP contribution < -0.4 is 10.2 Å². The molecule has 1 aromatic carbocycles. The number of benzene rings is 1. The van der Waals surface area contributed by atoms with Crippen LogP contribution in [0.25, 0.3) is 0 Å². The fraction of sp³-hybridized carbons (Fsp3) is 0.478. The first kappa shape index (κ1) is 19.9. The molecule has 29 heavy (non-hydrogen) atoms. The van der Waals surface area contributed by atoms with Gasteiger partial charge in [0.15, 0.2) is 0 Å². The molecular formula is C23H30N4O2. The molecule has 1 N–H and O–H groups in total. The van der Waals surface area contributed by atoms with Gasteiger partial charge in [-0.05, 0) is 49.4 Å². The van der Waals surface area contributed by atoms with Crippen LogP contribution in [0.15, 0.2) is 48.7 Å². The molecule has 1 amide bonds. The molecule has 0 radical (unpaired) electrons. The zero-order valence-electron chi connectivity index (χ0n) is 17.1. The third-order valence-electron chi connectivity index (χ3n) is 5.96. The van der Waals surface area contributed by atoms with Crippen LogP contribution >= 0.6 is 0 Å². The van der Waals surface area contributed by atoms with E-state index in [2.05, 4.69) is 15.2 Å². The van der Waals surface area contributed by atoms with Gasteiger partial charge in [-0.3, -0.25) is 4.79 Å². The smallest absolute Gasteiger partial charge is 0.253 e. The van der Waals surface area contributed by atoms with Crippen molar-refractivity contribution in [3.8, 4) is 0 Å². The average Bonchev–Trinajstić information content (AvgIpc) is 3.28. The third kappa shape index (κ3) is 5.14. The van der Waals surface area contributed by atoms with E-state index in [4.69, 9.17) is 4.74 Å². The summed E-state index contributed by atoms with van der Waals surface area (Å²) in [6.45, 7) is 5.02. The molecule has 6 heteroatoms. The van der Waals surface area contributed by atoms with Crippen molar-refractivity contribution in [1.29, 1.82) is 0 Å². The Hall–Kier alpha value is -2.44. The number of amides is 1. The highest BCUT2D eigenvalue weighted by Crippen LogP contribution is 2.21. The molecule has 154 valence electrons. The van der Waals surface area contributed by atoms with Crippen LogP contribution in [0.5, 0.6) is 0 Å². The molecule has 1 atom stereocenters. The van der Waals surface area contributed by atoms with Gasteiger partial charge >= 0.3 is 0 Å². The highest BCUT2D eigenvalue weighted by molar-refractivity contribution is 5.94. The van der Waals surface area contributed by atoms with Crippen molar-refractivity contribution in [3.63, 3.8) is 0 Å². The van der Waals surface area contributed by atoms with Gasteiger partial charge in [-0.1, -0.05) is 18.2 Å². The maximum absolute atomic E-state index is 12.6. The minimum Gasteiger partial charge on any atom is -0.381 e. The summed E-state index contributed by atoms with van der Waals surface area (Å²) in [5.41, 5.74) is 1.67. The van der Waals surface area contributed by atoms with Crippen LogP contribution in [0.3, 0.4) is 0 Å². The lowest BCUT2D eigenvalue weighted by molar-refractivity contribution is 0.0903. The van der Waals surface area contributed by atoms with Crippen molar-refractivity contribution >= 4 is 17.4 Å². The van der Waals surface area contributed by atoms with E-state index in [1.165, 1.54) is 6.42 Å². The first-order valence-electron chi connectivity index (χ1n) is 10.5. The number of anilines is 2. The zero-order chi connectivity index (χ0) is 20.1. The molecular weight excluding hydrogens is 364 g/mol. The number of aromatic nitrogens is 1. The second-order valence-electron chi connectivity index (χ2n) is 8.08. The zero-order valence-corrected chi connectivity index (χ0v) is 17.1. The number of nitrogens with one attached hydrogen (secondary N) is 1. The van der Waals surface area contributed by atoms with Gasteiger partial charge in [0, 0.05) is 51.2 Å². The first-order valence-corrected chi connectivity index (χ1v) is 10.5. The summed E-state index contributed by atoms with van der Waals surface area (Å²) in [7, 11) is 1.98. The molecule has 2 saturated heterocycles. The maximum atomic E-state index is 12.6. The van der Waals surface area contributed by atoms with E-state index >= 15 is 0 Å². The largest absolute Gasteiger partial charge is 0.381 e. The van der Waals surface area contributed by atoms with Gasteiger partial charge in [-0.2, -0.15) is 0 Å². The van der Waals surface area contributed by atoms with Crippen LogP contribution in [-0.2, 0) is 4.74 Å². The van der Waals surface area contributed by atoms with Crippen LogP contribution in [0.4, 0.5) is 11.5 Å². The van der Waals surface area contributed by atoms with E-state index in [0.717, 1.165) is 57.2 Å². The normalized spacial score (nSPS) is 20.5. The van der Waals surface area contributed by atoms with Crippen molar-refractivity contribution in [2.75, 3.05) is 44.8 Å². The van der Waals surface area contributed by atoms with Crippen molar-refractivity contribution in [1.82, 2.24) is 15.2 Å². The molecule has 0 aliphatic carbocycles. The van der Waals surface area contributed by atoms with E-state index < -0.39 is 0 Å². The number of likely N-dealkylation sites (tertiary alicyclic amines) is 1. The third-order valence-corrected chi connectivity index (χ3v) is 5.96. The predicted molar refractivity (Wildman–Crippen MR) is 115 cm³/mol. The Morgan fingerprint density at radius 3 is 2.62 bits per heavy atom. The molecule has 2 aromatic rings. The lowest BCUT2D eigenvalue weighted by atomic mass is 10.0. The van der Waals surface area contributed by atoms with Crippen LogP contribution in [-0.4, -0.2) is 61.7 Å². The van der Waals surface area contributed by atoms with Crippen LogP contribution in [0.1, 0.15) is 29.6 Å². The van der Waals surface area contributed by atoms with Crippen LogP contribution in [0, 0.1) is 5.92 Å². The van der Waals surface area contributed by atoms with Crippen LogP contribution in [0.2, 0.25) is 0 Å². The summed E-state index contributed by atoms with van der Waals surface area (Å²) in [6, 6.07) is 14.1. The van der Waals surface area contributed by atoms with Crippen molar-refractivity contribution in [3.05, 3.63) is 54.2 Å². The number of nitrogens with zero attached hydrogens (tertiary/aromatic N) is 3. The van der Waals surface area contributed by atoms with Crippen molar-refractivity contribution < 1.29 is 9.53 Å². The number of hydrogen-bond acceptors (Lipinski definition) is 5. The van der Waals surface area contributed by atoms with Crippen molar-refractivity contribution in [2.24, 2.45) is 5.92 Å². The van der Waals surface area contributed by atoms with Gasteiger partial charge in [-0.25, -0.2) is 4.98 Å². The molecule has 0 saturated carbocycles. The SMILES string of the molecule is CN(c1ccccc1)c1ccc(C(=O)NC2CCN(CC3CCOC3)CC2)cn1. The van der Waals surface area contributed by atoms with Gasteiger partial charge in [0.2, 0.25) is 0 Å². The Morgan fingerprint density at radius 2 is 1.97 bits per heavy atom. The number of pyridine rings is 1. The van der Waals surface area contributed by atoms with E-state index in [1.54, 1.807) is 6.20 Å². The Morgan fingerprint density at radius 1 is 1.17 bits per heavy atom. The lowest BCUT2D eigenvalue weighted by Crippen LogP contribution is -2.45. The molecule has 4 rings (SSSR count). The molecule has 0 spiro atoms. The van der Waals surface area contributed by atoms with E-state index in [9.17, 15) is 4.79 Å². The number of para-hydroxylation sites is 1. The highest BCUT2D eigenvalue weighted by Gasteiger charge is 2.25. The minimum atomic E-state index is -0.0333. The topological polar surface area (TPSA) is 57.7 Å². The summed E-state index contributed by atoms with van der Waals surface area (Å²) in [6.07, 6.45) is 4.85. The summed E-state index contributed by atoms with van der Waals surface area (Å²) in [5, 5.41) is 3.19. The quantitative estimate of drug-likeness (QED) is 0.816. The highest BCUT2D eigenvalue weighted by atomic mass is 16.5. The summed E-state index contributed by atoms with van der Waals surface area (Å²) in [5.74, 6) is 1.46. The number of rotatable bonds is 6. The molecule has 6 nitrogen and oxygen atoms in total. The fourth-order valence-corrected chi connectivity index (χ4v) is 4.12. The second-order valence-corrected chi connectivity index (χ2v) is 8.08. The Bertz CT molecular complexity index is 782. The van der Waals surface area contributed by atoms with Gasteiger partial charge < -0.3 is 19.9 Å². The monoisotopic (exact) mass is 394 g/mol. The molecule has 1 aromatic heterocycles. The van der Waals surface area contributed by atoms with Gasteiger partial charge in [0.1, 0.15) is 5.82 Å². The Balaban J connectivity index is 1.27. The summed E-state index contributed by atoms with van der Waals surface area (Å²) in [4.78, 5) is 21.6. The second kappa shape index (κ2) is 9.37. The molecule has 1 unspecified atom stereocenters. The molecule has 2 aliphatic heterocycles. The number of carbonyl (C=O) groups is 1. The van der Waals surface area contributed by atoms with Gasteiger partial charge in [0.05, 0.1) is 12.2 Å². The van der Waals surface area contributed by atoms with E-state index in [0.29, 0.717) is 11.5 Å². The molecule has 2 aliphatic rings. The predicted octanol–water partition coefficient (Wildman–Crippen LogP) is 3.08. The molecule has 2 fully saturated rings. The minimum absolute atomic E-state index is 0.0333. The average molecular weight is 395 g/mol. The van der Waals surface area contributed by atoms with Gasteiger partial charge in [-0.15, -0.1) is 0 Å². The number of ether oxygens (including phenoxy) is 1. The van der Waals surface area contributed by atoms with Gasteiger partial charge in [0.25, 0.3) is 5.91 Å². The maximum Gasteiger partial charge on any atom is 0.253 e. The summed E-state index contributed by atoms with van der Waals surface area (Å²) < 4.78 is 5.48. The number of hydrogen-bond donors (Lipinski definition) is 1. The molecule has 0 bridgehead atoms. The number of piperidine rings is 1. The fourth-order valence-electron chi connectivity index (χ4n) is 4.12. The summed E-state index contributed by atoms with van der Waals surface area (Å²) >= 11 is 0.